The molecular formula is C11H16ClFN2O2. The Bertz CT molecular complexity index is 528. The summed E-state index contributed by atoms with van der Waals surface area (Å²) in [7, 11) is 0. The summed E-state index contributed by atoms with van der Waals surface area (Å²) in [6.07, 6.45) is 0. The molecule has 0 saturated carbocycles. The van der Waals surface area contributed by atoms with E-state index < -0.39 is 22.2 Å². The van der Waals surface area contributed by atoms with Crippen LogP contribution in [0.25, 0.3) is 0 Å². The van der Waals surface area contributed by atoms with Gasteiger partial charge in [0.25, 0.3) is 5.56 Å². The summed E-state index contributed by atoms with van der Waals surface area (Å²) in [5.41, 5.74) is -1.74. The summed E-state index contributed by atoms with van der Waals surface area (Å²) in [6, 6.07) is 0. The second-order valence-corrected chi connectivity index (χ2v) is 5.62. The van der Waals surface area contributed by atoms with Gasteiger partial charge in [-0.1, -0.05) is 39.3 Å². The second kappa shape index (κ2) is 4.64. The number of hydrogen-bond donors (Lipinski definition) is 1. The highest BCUT2D eigenvalue weighted by Gasteiger charge is 2.22. The van der Waals surface area contributed by atoms with Crippen LogP contribution in [0, 0.1) is 17.2 Å². The van der Waals surface area contributed by atoms with Gasteiger partial charge in [0, 0.05) is 6.54 Å². The van der Waals surface area contributed by atoms with E-state index in [0.29, 0.717) is 0 Å². The van der Waals surface area contributed by atoms with Crippen molar-refractivity contribution in [1.29, 1.82) is 0 Å². The maximum absolute atomic E-state index is 13.3. The molecule has 0 radical (unpaired) electrons. The molecule has 0 aliphatic carbocycles. The topological polar surface area (TPSA) is 54.9 Å². The molecule has 1 unspecified atom stereocenters. The lowest BCUT2D eigenvalue weighted by molar-refractivity contribution is 0.226. The predicted octanol–water partition coefficient (Wildman–Crippen LogP) is 2.01. The minimum absolute atomic E-state index is 0.0434. The normalized spacial score (nSPS) is 13.8. The lowest BCUT2D eigenvalue weighted by Crippen LogP contribution is -2.40. The Morgan fingerprint density at radius 3 is 2.41 bits per heavy atom. The van der Waals surface area contributed by atoms with Gasteiger partial charge in [-0.2, -0.15) is 4.39 Å². The number of nitrogens with zero attached hydrogens (tertiary/aromatic N) is 1. The van der Waals surface area contributed by atoms with Crippen LogP contribution >= 0.6 is 11.6 Å². The molecule has 4 nitrogen and oxygen atoms in total. The average Bonchev–Trinajstić information content (AvgIpc) is 2.19. The van der Waals surface area contributed by atoms with Crippen LogP contribution < -0.4 is 11.2 Å². The minimum atomic E-state index is -1.12. The molecule has 6 heteroatoms. The average molecular weight is 263 g/mol. The molecular weight excluding hydrogens is 247 g/mol. The first-order chi connectivity index (χ1) is 7.64. The van der Waals surface area contributed by atoms with Crippen molar-refractivity contribution < 1.29 is 4.39 Å². The van der Waals surface area contributed by atoms with Crippen molar-refractivity contribution in [3.05, 3.63) is 31.8 Å². The summed E-state index contributed by atoms with van der Waals surface area (Å²) in [6.45, 7) is 8.03. The molecule has 0 saturated heterocycles. The molecule has 0 aliphatic rings. The van der Waals surface area contributed by atoms with Gasteiger partial charge < -0.3 is 0 Å². The Labute approximate surface area is 103 Å². The molecule has 1 N–H and O–H groups in total. The maximum Gasteiger partial charge on any atom is 0.329 e. The molecule has 17 heavy (non-hydrogen) atoms. The van der Waals surface area contributed by atoms with Crippen molar-refractivity contribution in [1.82, 2.24) is 9.55 Å². The van der Waals surface area contributed by atoms with E-state index >= 15 is 0 Å². The van der Waals surface area contributed by atoms with E-state index in [1.807, 2.05) is 27.7 Å². The molecule has 1 heterocycles. The molecule has 0 aliphatic heterocycles. The molecule has 1 aromatic heterocycles. The van der Waals surface area contributed by atoms with Gasteiger partial charge in [-0.25, -0.2) is 4.79 Å². The van der Waals surface area contributed by atoms with Crippen LogP contribution in [0.1, 0.15) is 27.7 Å². The van der Waals surface area contributed by atoms with E-state index in [0.717, 1.165) is 4.57 Å². The van der Waals surface area contributed by atoms with Crippen molar-refractivity contribution in [2.45, 2.75) is 34.2 Å². The smallest absolute Gasteiger partial charge is 0.295 e. The van der Waals surface area contributed by atoms with E-state index in [-0.39, 0.29) is 17.9 Å². The van der Waals surface area contributed by atoms with Gasteiger partial charge in [0.2, 0.25) is 5.82 Å². The zero-order chi connectivity index (χ0) is 13.4. The summed E-state index contributed by atoms with van der Waals surface area (Å²) in [5.74, 6) is -1.07. The van der Waals surface area contributed by atoms with E-state index in [2.05, 4.69) is 4.98 Å². The third-order valence-electron chi connectivity index (χ3n) is 3.02. The highest BCUT2D eigenvalue weighted by Crippen LogP contribution is 2.25. The van der Waals surface area contributed by atoms with Crippen LogP contribution in [0.4, 0.5) is 4.39 Å². The quantitative estimate of drug-likeness (QED) is 0.829. The number of halogens is 2. The third kappa shape index (κ3) is 2.97. The van der Waals surface area contributed by atoms with Gasteiger partial charge >= 0.3 is 5.69 Å². The summed E-state index contributed by atoms with van der Waals surface area (Å²) < 4.78 is 14.1. The monoisotopic (exact) mass is 262 g/mol. The number of aromatic amines is 1. The molecule has 1 atom stereocenters. The lowest BCUT2D eigenvalue weighted by Gasteiger charge is -2.27. The highest BCUT2D eigenvalue weighted by molar-refractivity contribution is 6.29. The van der Waals surface area contributed by atoms with E-state index in [9.17, 15) is 14.0 Å². The molecule has 0 spiro atoms. The Morgan fingerprint density at radius 2 is 1.94 bits per heavy atom. The van der Waals surface area contributed by atoms with E-state index in [4.69, 9.17) is 11.6 Å². The van der Waals surface area contributed by atoms with Gasteiger partial charge in [-0.15, -0.1) is 0 Å². The number of rotatable bonds is 2. The van der Waals surface area contributed by atoms with Gasteiger partial charge in [0.1, 0.15) is 0 Å². The second-order valence-electron chi connectivity index (χ2n) is 5.24. The number of H-pyrrole nitrogens is 1. The standard InChI is InChI=1S/C11H16ClFN2O2/c1-6(11(2,3)4)5-15-9(16)7(13)8(12)14-10(15)17/h6H,5H2,1-4H3,(H,14,17). The van der Waals surface area contributed by atoms with Crippen molar-refractivity contribution in [3.8, 4) is 0 Å². The first-order valence-electron chi connectivity index (χ1n) is 5.32. The lowest BCUT2D eigenvalue weighted by atomic mass is 9.82. The minimum Gasteiger partial charge on any atom is -0.295 e. The van der Waals surface area contributed by atoms with Crippen molar-refractivity contribution >= 4 is 11.6 Å². The van der Waals surface area contributed by atoms with E-state index in [1.54, 1.807) is 0 Å². The molecule has 0 fully saturated rings. The van der Waals surface area contributed by atoms with Gasteiger partial charge in [0.15, 0.2) is 5.15 Å². The van der Waals surface area contributed by atoms with Gasteiger partial charge in [-0.3, -0.25) is 14.3 Å². The van der Waals surface area contributed by atoms with E-state index in [1.165, 1.54) is 0 Å². The van der Waals surface area contributed by atoms with Crippen LogP contribution in [0.2, 0.25) is 5.15 Å². The summed E-state index contributed by atoms with van der Waals surface area (Å²) in [4.78, 5) is 25.2. The fourth-order valence-electron chi connectivity index (χ4n) is 1.23. The molecule has 0 aromatic carbocycles. The Balaban J connectivity index is 3.22. The maximum atomic E-state index is 13.3. The number of hydrogen-bond acceptors (Lipinski definition) is 2. The first-order valence-corrected chi connectivity index (χ1v) is 5.70. The zero-order valence-electron chi connectivity index (χ0n) is 10.3. The summed E-state index contributed by atoms with van der Waals surface area (Å²) in [5, 5.41) is -0.542. The van der Waals surface area contributed by atoms with Crippen molar-refractivity contribution in [2.75, 3.05) is 0 Å². The number of aromatic nitrogens is 2. The van der Waals surface area contributed by atoms with Crippen LogP contribution in [0.3, 0.4) is 0 Å². The molecule has 0 bridgehead atoms. The Kier molecular flexibility index (Phi) is 3.81. The fourth-order valence-corrected chi connectivity index (χ4v) is 1.40. The largest absolute Gasteiger partial charge is 0.329 e. The van der Waals surface area contributed by atoms with Crippen LogP contribution in [-0.4, -0.2) is 9.55 Å². The third-order valence-corrected chi connectivity index (χ3v) is 3.28. The van der Waals surface area contributed by atoms with Crippen molar-refractivity contribution in [3.63, 3.8) is 0 Å². The van der Waals surface area contributed by atoms with Crippen LogP contribution in [0.5, 0.6) is 0 Å². The highest BCUT2D eigenvalue weighted by atomic mass is 35.5. The first kappa shape index (κ1) is 14.0. The Hall–Kier alpha value is -1.10. The zero-order valence-corrected chi connectivity index (χ0v) is 11.1. The summed E-state index contributed by atoms with van der Waals surface area (Å²) >= 11 is 5.37. The van der Waals surface area contributed by atoms with Crippen LogP contribution in [-0.2, 0) is 6.54 Å². The van der Waals surface area contributed by atoms with Gasteiger partial charge in [-0.05, 0) is 11.3 Å². The van der Waals surface area contributed by atoms with Crippen LogP contribution in [0.15, 0.2) is 9.59 Å². The molecule has 96 valence electrons. The number of nitrogens with one attached hydrogen (secondary N) is 1. The van der Waals surface area contributed by atoms with Gasteiger partial charge in [0.05, 0.1) is 0 Å². The SMILES string of the molecule is CC(Cn1c(=O)[nH]c(Cl)c(F)c1=O)C(C)(C)C. The Morgan fingerprint density at radius 1 is 1.41 bits per heavy atom. The molecule has 1 rings (SSSR count). The molecule has 1 aromatic rings. The fraction of sp³-hybridized carbons (Fsp3) is 0.636. The van der Waals surface area contributed by atoms with Crippen molar-refractivity contribution in [2.24, 2.45) is 11.3 Å². The molecule has 0 amide bonds. The predicted molar refractivity (Wildman–Crippen MR) is 64.9 cm³/mol.